The van der Waals surface area contributed by atoms with E-state index in [1.807, 2.05) is 60.7 Å². The molecule has 0 aliphatic carbocycles. The largest absolute Gasteiger partial charge is 0.430 e. The fourth-order valence-electron chi connectivity index (χ4n) is 1.54. The molecule has 18 heavy (non-hydrogen) atoms. The van der Waals surface area contributed by atoms with E-state index >= 15 is 0 Å². The summed E-state index contributed by atoms with van der Waals surface area (Å²) in [5, 5.41) is 9.58. The Bertz CT molecular complexity index is 623. The predicted octanol–water partition coefficient (Wildman–Crippen LogP) is 4.00. The third-order valence-electron chi connectivity index (χ3n) is 2.38. The topological polar surface area (TPSA) is 35.0 Å². The first kappa shape index (κ1) is 10.9. The molecule has 0 aliphatic heterocycles. The van der Waals surface area contributed by atoms with Crippen molar-refractivity contribution in [2.24, 2.45) is 0 Å². The summed E-state index contributed by atoms with van der Waals surface area (Å²) >= 11 is 1.44. The summed E-state index contributed by atoms with van der Waals surface area (Å²) in [7, 11) is 0. The van der Waals surface area contributed by atoms with E-state index in [9.17, 15) is 0 Å². The molecule has 0 bridgehead atoms. The summed E-state index contributed by atoms with van der Waals surface area (Å²) in [6.45, 7) is 0. The zero-order valence-electron chi connectivity index (χ0n) is 9.48. The van der Waals surface area contributed by atoms with Crippen LogP contribution in [0.1, 0.15) is 0 Å². The molecule has 1 heterocycles. The average molecular weight is 254 g/mol. The van der Waals surface area contributed by atoms with Gasteiger partial charge in [-0.1, -0.05) is 65.0 Å². The van der Waals surface area contributed by atoms with Gasteiger partial charge in [-0.3, -0.25) is 0 Å². The molecule has 3 nitrogen and oxygen atoms in total. The second-order valence-electron chi connectivity index (χ2n) is 3.65. The third-order valence-corrected chi connectivity index (χ3v) is 3.23. The van der Waals surface area contributed by atoms with E-state index in [-0.39, 0.29) is 0 Å². The first-order chi connectivity index (χ1) is 8.92. The zero-order chi connectivity index (χ0) is 12.2. The highest BCUT2D eigenvalue weighted by Gasteiger charge is 2.07. The van der Waals surface area contributed by atoms with Gasteiger partial charge in [0.1, 0.15) is 5.75 Å². The Balaban J connectivity index is 1.82. The van der Waals surface area contributed by atoms with E-state index < -0.39 is 0 Å². The molecule has 0 N–H and O–H groups in total. The van der Waals surface area contributed by atoms with Crippen LogP contribution in [0.3, 0.4) is 0 Å². The van der Waals surface area contributed by atoms with Crippen molar-refractivity contribution in [2.75, 3.05) is 0 Å². The summed E-state index contributed by atoms with van der Waals surface area (Å²) < 4.78 is 5.63. The normalized spacial score (nSPS) is 10.2. The molecule has 0 radical (unpaired) electrons. The lowest BCUT2D eigenvalue weighted by Gasteiger charge is -1.98. The third kappa shape index (κ3) is 2.38. The average Bonchev–Trinajstić information content (AvgIpc) is 2.89. The molecule has 1 aromatic heterocycles. The minimum atomic E-state index is 0.556. The van der Waals surface area contributed by atoms with Crippen molar-refractivity contribution >= 4 is 11.3 Å². The molecule has 0 amide bonds. The van der Waals surface area contributed by atoms with Crippen molar-refractivity contribution in [1.29, 1.82) is 0 Å². The maximum absolute atomic E-state index is 5.63. The maximum atomic E-state index is 5.63. The lowest BCUT2D eigenvalue weighted by atomic mass is 10.2. The van der Waals surface area contributed by atoms with Crippen LogP contribution >= 0.6 is 11.3 Å². The SMILES string of the molecule is c1ccc(Oc2nnc(-c3ccccc3)s2)cc1. The molecular weight excluding hydrogens is 244 g/mol. The van der Waals surface area contributed by atoms with Gasteiger partial charge in [-0.05, 0) is 12.1 Å². The van der Waals surface area contributed by atoms with E-state index in [1.54, 1.807) is 0 Å². The predicted molar refractivity (Wildman–Crippen MR) is 71.9 cm³/mol. The highest BCUT2D eigenvalue weighted by Crippen LogP contribution is 2.30. The van der Waals surface area contributed by atoms with Crippen LogP contribution in [0.5, 0.6) is 10.9 Å². The number of benzene rings is 2. The van der Waals surface area contributed by atoms with Crippen LogP contribution in [0.15, 0.2) is 60.7 Å². The Hall–Kier alpha value is -2.20. The zero-order valence-corrected chi connectivity index (χ0v) is 10.3. The molecule has 3 rings (SSSR count). The molecule has 0 aliphatic rings. The molecule has 0 spiro atoms. The number of rotatable bonds is 3. The molecule has 0 saturated heterocycles. The second kappa shape index (κ2) is 4.98. The van der Waals surface area contributed by atoms with Crippen LogP contribution in [-0.4, -0.2) is 10.2 Å². The van der Waals surface area contributed by atoms with Gasteiger partial charge < -0.3 is 4.74 Å². The van der Waals surface area contributed by atoms with Gasteiger partial charge in [0.25, 0.3) is 5.19 Å². The highest BCUT2D eigenvalue weighted by molar-refractivity contribution is 7.16. The number of ether oxygens (including phenoxy) is 1. The minimum Gasteiger partial charge on any atom is -0.430 e. The lowest BCUT2D eigenvalue weighted by Crippen LogP contribution is -1.81. The number of nitrogens with zero attached hydrogens (tertiary/aromatic N) is 2. The van der Waals surface area contributed by atoms with Crippen LogP contribution in [0.4, 0.5) is 0 Å². The van der Waals surface area contributed by atoms with E-state index in [2.05, 4.69) is 10.2 Å². The van der Waals surface area contributed by atoms with Crippen LogP contribution in [-0.2, 0) is 0 Å². The van der Waals surface area contributed by atoms with Gasteiger partial charge in [-0.15, -0.1) is 5.10 Å². The molecule has 0 unspecified atom stereocenters. The second-order valence-corrected chi connectivity index (χ2v) is 4.59. The van der Waals surface area contributed by atoms with Crippen LogP contribution in [0.2, 0.25) is 0 Å². The van der Waals surface area contributed by atoms with Gasteiger partial charge >= 0.3 is 0 Å². The van der Waals surface area contributed by atoms with Crippen LogP contribution < -0.4 is 4.74 Å². The summed E-state index contributed by atoms with van der Waals surface area (Å²) in [4.78, 5) is 0. The molecule has 2 aromatic carbocycles. The Morgan fingerprint density at radius 3 is 2.17 bits per heavy atom. The summed E-state index contributed by atoms with van der Waals surface area (Å²) in [6.07, 6.45) is 0. The first-order valence-corrected chi connectivity index (χ1v) is 6.35. The number of para-hydroxylation sites is 1. The van der Waals surface area contributed by atoms with E-state index in [0.717, 1.165) is 16.3 Å². The van der Waals surface area contributed by atoms with Gasteiger partial charge in [0.2, 0.25) is 0 Å². The highest BCUT2D eigenvalue weighted by atomic mass is 32.1. The van der Waals surface area contributed by atoms with Crippen LogP contribution in [0.25, 0.3) is 10.6 Å². The Kier molecular flexibility index (Phi) is 3.02. The Labute approximate surface area is 109 Å². The first-order valence-electron chi connectivity index (χ1n) is 5.54. The van der Waals surface area contributed by atoms with Gasteiger partial charge in [0, 0.05) is 5.56 Å². The summed E-state index contributed by atoms with van der Waals surface area (Å²) in [5.41, 5.74) is 1.05. The van der Waals surface area contributed by atoms with Gasteiger partial charge in [-0.2, -0.15) is 0 Å². The Morgan fingerprint density at radius 1 is 0.778 bits per heavy atom. The van der Waals surface area contributed by atoms with Crippen LogP contribution in [0, 0.1) is 0 Å². The maximum Gasteiger partial charge on any atom is 0.299 e. The molecule has 0 atom stereocenters. The van der Waals surface area contributed by atoms with Crippen molar-refractivity contribution < 1.29 is 4.74 Å². The van der Waals surface area contributed by atoms with Crippen molar-refractivity contribution in [3.8, 4) is 21.5 Å². The van der Waals surface area contributed by atoms with Crippen molar-refractivity contribution in [1.82, 2.24) is 10.2 Å². The van der Waals surface area contributed by atoms with Crippen molar-refractivity contribution in [3.05, 3.63) is 60.7 Å². The number of hydrogen-bond donors (Lipinski definition) is 0. The lowest BCUT2D eigenvalue weighted by molar-refractivity contribution is 0.473. The quantitative estimate of drug-likeness (QED) is 0.708. The summed E-state index contributed by atoms with van der Waals surface area (Å²) in [6, 6.07) is 19.5. The molecular formula is C14H10N2OS. The van der Waals surface area contributed by atoms with Gasteiger partial charge in [-0.25, -0.2) is 0 Å². The van der Waals surface area contributed by atoms with Crippen molar-refractivity contribution in [3.63, 3.8) is 0 Å². The monoisotopic (exact) mass is 254 g/mol. The fraction of sp³-hybridized carbons (Fsp3) is 0. The Morgan fingerprint density at radius 2 is 1.44 bits per heavy atom. The molecule has 3 aromatic rings. The number of aromatic nitrogens is 2. The summed E-state index contributed by atoms with van der Waals surface area (Å²) in [5.74, 6) is 0.772. The van der Waals surface area contributed by atoms with E-state index in [1.165, 1.54) is 11.3 Å². The smallest absolute Gasteiger partial charge is 0.299 e. The molecule has 4 heteroatoms. The number of hydrogen-bond acceptors (Lipinski definition) is 4. The van der Waals surface area contributed by atoms with Gasteiger partial charge in [0.15, 0.2) is 5.01 Å². The van der Waals surface area contributed by atoms with E-state index in [0.29, 0.717) is 5.19 Å². The molecule has 0 saturated carbocycles. The fourth-order valence-corrected chi connectivity index (χ4v) is 2.26. The van der Waals surface area contributed by atoms with Gasteiger partial charge in [0.05, 0.1) is 0 Å². The standard InChI is InChI=1S/C14H10N2OS/c1-3-7-11(8-4-1)13-15-16-14(18-13)17-12-9-5-2-6-10-12/h1-10H. The minimum absolute atomic E-state index is 0.556. The van der Waals surface area contributed by atoms with Crippen molar-refractivity contribution in [2.45, 2.75) is 0 Å². The molecule has 88 valence electrons. The van der Waals surface area contributed by atoms with E-state index in [4.69, 9.17) is 4.74 Å². The molecule has 0 fully saturated rings.